The lowest BCUT2D eigenvalue weighted by Crippen LogP contribution is -2.44. The number of carbonyl (C=O) groups excluding carboxylic acids is 1. The average molecular weight is 293 g/mol. The van der Waals surface area contributed by atoms with Gasteiger partial charge in [0.15, 0.2) is 11.6 Å². The van der Waals surface area contributed by atoms with E-state index in [4.69, 9.17) is 9.47 Å². The smallest absolute Gasteiger partial charge is 0.254 e. The van der Waals surface area contributed by atoms with Crippen molar-refractivity contribution < 1.29 is 18.7 Å². The van der Waals surface area contributed by atoms with Gasteiger partial charge in [-0.25, -0.2) is 4.39 Å². The highest BCUT2D eigenvalue weighted by molar-refractivity contribution is 5.94. The van der Waals surface area contributed by atoms with Crippen LogP contribution < -0.4 is 4.74 Å². The molecule has 114 valence electrons. The molecule has 0 aromatic heterocycles. The summed E-state index contributed by atoms with van der Waals surface area (Å²) in [4.78, 5) is 14.4. The van der Waals surface area contributed by atoms with E-state index >= 15 is 0 Å². The molecule has 5 heteroatoms. The Bertz CT molecular complexity index is 548. The molecule has 0 bridgehead atoms. The van der Waals surface area contributed by atoms with Crippen LogP contribution in [0.15, 0.2) is 18.2 Å². The SMILES string of the molecule is COc1cc(C(=O)N2CC[C@@H]3O[C@H](C)C[C@@H]3C2)ccc1F. The standard InChI is InChI=1S/C16H20FNO3/c1-10-7-12-9-18(6-5-14(12)21-10)16(19)11-3-4-13(17)15(8-11)20-2/h3-4,8,10,12,14H,5-7,9H2,1-2H3/t10-,12-,14+/m1/s1. The van der Waals surface area contributed by atoms with E-state index in [-0.39, 0.29) is 23.9 Å². The van der Waals surface area contributed by atoms with Crippen LogP contribution in [0.5, 0.6) is 5.75 Å². The molecular weight excluding hydrogens is 273 g/mol. The number of rotatable bonds is 2. The number of halogens is 1. The van der Waals surface area contributed by atoms with Crippen molar-refractivity contribution in [1.29, 1.82) is 0 Å². The van der Waals surface area contributed by atoms with E-state index in [0.717, 1.165) is 12.8 Å². The number of carbonyl (C=O) groups is 1. The van der Waals surface area contributed by atoms with Crippen molar-refractivity contribution in [3.8, 4) is 5.75 Å². The molecule has 0 unspecified atom stereocenters. The Hall–Kier alpha value is -1.62. The van der Waals surface area contributed by atoms with Gasteiger partial charge in [0.2, 0.25) is 0 Å². The van der Waals surface area contributed by atoms with Gasteiger partial charge in [0.05, 0.1) is 19.3 Å². The summed E-state index contributed by atoms with van der Waals surface area (Å²) in [6.07, 6.45) is 2.44. The maximum absolute atomic E-state index is 13.4. The molecule has 0 radical (unpaired) electrons. The predicted octanol–water partition coefficient (Wildman–Crippen LogP) is 2.47. The third kappa shape index (κ3) is 2.75. The third-order valence-corrected chi connectivity index (χ3v) is 4.39. The summed E-state index contributed by atoms with van der Waals surface area (Å²) in [5.74, 6) is 0.00526. The van der Waals surface area contributed by atoms with Crippen LogP contribution in [0, 0.1) is 11.7 Å². The fraction of sp³-hybridized carbons (Fsp3) is 0.562. The number of nitrogens with zero attached hydrogens (tertiary/aromatic N) is 1. The number of ether oxygens (including phenoxy) is 2. The predicted molar refractivity (Wildman–Crippen MR) is 75.9 cm³/mol. The molecule has 0 saturated carbocycles. The van der Waals surface area contributed by atoms with Crippen LogP contribution >= 0.6 is 0 Å². The molecule has 0 spiro atoms. The van der Waals surface area contributed by atoms with Gasteiger partial charge < -0.3 is 14.4 Å². The van der Waals surface area contributed by atoms with Crippen LogP contribution in [-0.2, 0) is 4.74 Å². The minimum atomic E-state index is -0.453. The van der Waals surface area contributed by atoms with Crippen molar-refractivity contribution in [1.82, 2.24) is 4.90 Å². The van der Waals surface area contributed by atoms with Crippen LogP contribution in [-0.4, -0.2) is 43.2 Å². The summed E-state index contributed by atoms with van der Waals surface area (Å²) in [6, 6.07) is 4.26. The van der Waals surface area contributed by atoms with Gasteiger partial charge in [0.25, 0.3) is 5.91 Å². The highest BCUT2D eigenvalue weighted by atomic mass is 19.1. The number of hydrogen-bond acceptors (Lipinski definition) is 3. The first-order chi connectivity index (χ1) is 10.1. The Morgan fingerprint density at radius 3 is 3.05 bits per heavy atom. The van der Waals surface area contributed by atoms with E-state index in [1.165, 1.54) is 25.3 Å². The number of likely N-dealkylation sites (tertiary alicyclic amines) is 1. The molecule has 0 aliphatic carbocycles. The highest BCUT2D eigenvalue weighted by Gasteiger charge is 2.38. The van der Waals surface area contributed by atoms with Gasteiger partial charge in [0.1, 0.15) is 0 Å². The van der Waals surface area contributed by atoms with Crippen molar-refractivity contribution in [3.05, 3.63) is 29.6 Å². The number of methoxy groups -OCH3 is 1. The van der Waals surface area contributed by atoms with Gasteiger partial charge >= 0.3 is 0 Å². The van der Waals surface area contributed by atoms with Crippen molar-refractivity contribution in [2.45, 2.75) is 32.0 Å². The van der Waals surface area contributed by atoms with Crippen LogP contribution in [0.4, 0.5) is 4.39 Å². The molecule has 3 atom stereocenters. The Balaban J connectivity index is 1.74. The minimum Gasteiger partial charge on any atom is -0.494 e. The summed E-state index contributed by atoms with van der Waals surface area (Å²) in [5, 5.41) is 0. The maximum Gasteiger partial charge on any atom is 0.254 e. The second kappa shape index (κ2) is 5.64. The van der Waals surface area contributed by atoms with Gasteiger partial charge in [-0.05, 0) is 38.0 Å². The summed E-state index contributed by atoms with van der Waals surface area (Å²) in [6.45, 7) is 3.48. The Kier molecular flexibility index (Phi) is 3.85. The maximum atomic E-state index is 13.4. The molecule has 1 amide bonds. The zero-order chi connectivity index (χ0) is 15.0. The highest BCUT2D eigenvalue weighted by Crippen LogP contribution is 2.33. The average Bonchev–Trinajstić information content (AvgIpc) is 2.86. The number of amides is 1. The summed E-state index contributed by atoms with van der Waals surface area (Å²) < 4.78 is 24.2. The molecule has 21 heavy (non-hydrogen) atoms. The molecule has 2 saturated heterocycles. The van der Waals surface area contributed by atoms with E-state index in [9.17, 15) is 9.18 Å². The van der Waals surface area contributed by atoms with Crippen LogP contribution in [0.1, 0.15) is 30.1 Å². The zero-order valence-electron chi connectivity index (χ0n) is 12.3. The van der Waals surface area contributed by atoms with Crippen molar-refractivity contribution >= 4 is 5.91 Å². The van der Waals surface area contributed by atoms with Gasteiger partial charge in [-0.2, -0.15) is 0 Å². The largest absolute Gasteiger partial charge is 0.494 e. The van der Waals surface area contributed by atoms with E-state index in [2.05, 4.69) is 6.92 Å². The molecule has 0 N–H and O–H groups in total. The third-order valence-electron chi connectivity index (χ3n) is 4.39. The van der Waals surface area contributed by atoms with E-state index < -0.39 is 5.82 Å². The Morgan fingerprint density at radius 2 is 2.29 bits per heavy atom. The Morgan fingerprint density at radius 1 is 1.48 bits per heavy atom. The van der Waals surface area contributed by atoms with Crippen molar-refractivity contribution in [2.75, 3.05) is 20.2 Å². The van der Waals surface area contributed by atoms with E-state index in [1.807, 2.05) is 4.90 Å². The van der Waals surface area contributed by atoms with E-state index in [0.29, 0.717) is 24.6 Å². The van der Waals surface area contributed by atoms with Crippen LogP contribution in [0.3, 0.4) is 0 Å². The minimum absolute atomic E-state index is 0.0636. The molecule has 2 heterocycles. The van der Waals surface area contributed by atoms with Crippen LogP contribution in [0.2, 0.25) is 0 Å². The number of fused-ring (bicyclic) bond motifs is 1. The van der Waals surface area contributed by atoms with Gasteiger partial charge in [-0.1, -0.05) is 0 Å². The van der Waals surface area contributed by atoms with E-state index in [1.54, 1.807) is 0 Å². The quantitative estimate of drug-likeness (QED) is 0.841. The molecule has 1 aromatic rings. The number of hydrogen-bond donors (Lipinski definition) is 0. The molecule has 4 nitrogen and oxygen atoms in total. The summed E-state index contributed by atoms with van der Waals surface area (Å²) in [5.41, 5.74) is 0.471. The molecule has 2 aliphatic heterocycles. The van der Waals surface area contributed by atoms with Gasteiger partial charge in [0, 0.05) is 24.6 Å². The monoisotopic (exact) mass is 293 g/mol. The van der Waals surface area contributed by atoms with Gasteiger partial charge in [-0.3, -0.25) is 4.79 Å². The molecular formula is C16H20FNO3. The summed E-state index contributed by atoms with van der Waals surface area (Å²) >= 11 is 0. The lowest BCUT2D eigenvalue weighted by molar-refractivity contribution is 0.00864. The first kappa shape index (κ1) is 14.3. The summed E-state index contributed by atoms with van der Waals surface area (Å²) in [7, 11) is 1.40. The fourth-order valence-electron chi connectivity index (χ4n) is 3.36. The molecule has 1 aromatic carbocycles. The lowest BCUT2D eigenvalue weighted by Gasteiger charge is -2.34. The zero-order valence-corrected chi connectivity index (χ0v) is 12.3. The molecule has 2 aliphatic rings. The number of benzene rings is 1. The van der Waals surface area contributed by atoms with Crippen molar-refractivity contribution in [2.24, 2.45) is 5.92 Å². The second-order valence-corrected chi connectivity index (χ2v) is 5.87. The first-order valence-electron chi connectivity index (χ1n) is 7.36. The Labute approximate surface area is 123 Å². The fourth-order valence-corrected chi connectivity index (χ4v) is 3.36. The van der Waals surface area contributed by atoms with Crippen molar-refractivity contribution in [3.63, 3.8) is 0 Å². The molecule has 3 rings (SSSR count). The first-order valence-corrected chi connectivity index (χ1v) is 7.36. The van der Waals surface area contributed by atoms with Crippen LogP contribution in [0.25, 0.3) is 0 Å². The molecule has 2 fully saturated rings. The second-order valence-electron chi connectivity index (χ2n) is 5.87. The normalized spacial score (nSPS) is 28.3. The lowest BCUT2D eigenvalue weighted by atomic mass is 9.92. The van der Waals surface area contributed by atoms with Gasteiger partial charge in [-0.15, -0.1) is 0 Å². The number of piperidine rings is 1. The topological polar surface area (TPSA) is 38.8 Å².